The van der Waals surface area contributed by atoms with Crippen LogP contribution in [0.1, 0.15) is 85.8 Å². The van der Waals surface area contributed by atoms with Crippen LogP contribution in [0.3, 0.4) is 0 Å². The molecule has 1 N–H and O–H groups in total. The zero-order chi connectivity index (χ0) is 36.0. The standard InChI is InChI=1S/C40H51FN6O5/c41-35-11-10-29(25-36-32-8-4-5-9-33(32)39(50)43-42-36)24-34(35)40(51)47-22-20-46(21-23-47)38(49)27-44-16-12-30(13-17-44)52-31-14-18-45(19-15-31)37(48)26-28-6-2-1-3-7-28/h4-5,8-11,24,28,30-31H,1-3,6-7,12-23,25-27H2,(H,43,50). The predicted molar refractivity (Wildman–Crippen MR) is 195 cm³/mol. The van der Waals surface area contributed by atoms with E-state index in [0.29, 0.717) is 79.4 Å². The Labute approximate surface area is 304 Å². The highest BCUT2D eigenvalue weighted by Crippen LogP contribution is 2.28. The molecular weight excluding hydrogens is 663 g/mol. The number of hydrogen-bond donors (Lipinski definition) is 1. The molecule has 4 fully saturated rings. The van der Waals surface area contributed by atoms with E-state index in [1.54, 1.807) is 34.1 Å². The summed E-state index contributed by atoms with van der Waals surface area (Å²) in [6.07, 6.45) is 11.2. The fraction of sp³-hybridized carbons (Fsp3) is 0.575. The molecule has 3 saturated heterocycles. The third-order valence-electron chi connectivity index (χ3n) is 11.6. The Morgan fingerprint density at radius 2 is 1.38 bits per heavy atom. The number of aromatic nitrogens is 2. The number of carbonyl (C=O) groups is 3. The number of piperazine rings is 1. The molecule has 12 heteroatoms. The Morgan fingerprint density at radius 3 is 2.10 bits per heavy atom. The third kappa shape index (κ3) is 8.71. The van der Waals surface area contributed by atoms with Crippen LogP contribution in [-0.4, -0.2) is 119 Å². The summed E-state index contributed by atoms with van der Waals surface area (Å²) in [5.74, 6) is -0.0506. The Morgan fingerprint density at radius 1 is 0.750 bits per heavy atom. The number of H-pyrrole nitrogens is 1. The van der Waals surface area contributed by atoms with Crippen molar-refractivity contribution in [2.75, 3.05) is 58.9 Å². The fourth-order valence-electron chi connectivity index (χ4n) is 8.45. The van der Waals surface area contributed by atoms with E-state index in [2.05, 4.69) is 15.1 Å². The molecule has 4 aliphatic rings. The van der Waals surface area contributed by atoms with Gasteiger partial charge in [0, 0.05) is 70.6 Å². The molecule has 1 aromatic heterocycles. The van der Waals surface area contributed by atoms with Gasteiger partial charge in [0.15, 0.2) is 0 Å². The van der Waals surface area contributed by atoms with Gasteiger partial charge in [0.1, 0.15) is 5.82 Å². The lowest BCUT2D eigenvalue weighted by Crippen LogP contribution is -2.53. The van der Waals surface area contributed by atoms with Crippen LogP contribution in [0.25, 0.3) is 10.8 Å². The minimum Gasteiger partial charge on any atom is -0.375 e. The van der Waals surface area contributed by atoms with E-state index in [4.69, 9.17) is 4.74 Å². The summed E-state index contributed by atoms with van der Waals surface area (Å²) in [4.78, 5) is 59.4. The van der Waals surface area contributed by atoms with Crippen LogP contribution in [0.2, 0.25) is 0 Å². The number of ether oxygens (including phenoxy) is 1. The maximum atomic E-state index is 15.0. The van der Waals surface area contributed by atoms with Crippen LogP contribution >= 0.6 is 0 Å². The van der Waals surface area contributed by atoms with E-state index in [-0.39, 0.29) is 29.2 Å². The number of likely N-dealkylation sites (tertiary alicyclic amines) is 2. The van der Waals surface area contributed by atoms with Gasteiger partial charge in [-0.3, -0.25) is 24.1 Å². The largest absolute Gasteiger partial charge is 0.375 e. The predicted octanol–water partition coefficient (Wildman–Crippen LogP) is 4.38. The zero-order valence-corrected chi connectivity index (χ0v) is 30.1. The first-order valence-electron chi connectivity index (χ1n) is 19.3. The summed E-state index contributed by atoms with van der Waals surface area (Å²) in [7, 11) is 0. The molecule has 4 heterocycles. The maximum Gasteiger partial charge on any atom is 0.272 e. The molecule has 7 rings (SSSR count). The molecule has 0 bridgehead atoms. The number of nitrogens with zero attached hydrogens (tertiary/aromatic N) is 5. The van der Waals surface area contributed by atoms with Crippen LogP contribution in [0.15, 0.2) is 47.3 Å². The first-order valence-corrected chi connectivity index (χ1v) is 19.3. The molecule has 278 valence electrons. The van der Waals surface area contributed by atoms with Crippen molar-refractivity contribution < 1.29 is 23.5 Å². The normalized spacial score (nSPS) is 20.1. The van der Waals surface area contributed by atoms with Crippen molar-refractivity contribution in [1.82, 2.24) is 29.8 Å². The number of rotatable bonds is 9. The minimum atomic E-state index is -0.593. The van der Waals surface area contributed by atoms with Crippen molar-refractivity contribution in [3.05, 3.63) is 75.5 Å². The van der Waals surface area contributed by atoms with Gasteiger partial charge in [-0.2, -0.15) is 5.10 Å². The highest BCUT2D eigenvalue weighted by molar-refractivity contribution is 5.95. The summed E-state index contributed by atoms with van der Waals surface area (Å²) in [5.41, 5.74) is 1.06. The average molecular weight is 715 g/mol. The van der Waals surface area contributed by atoms with Crippen LogP contribution in [0, 0.1) is 11.7 Å². The van der Waals surface area contributed by atoms with Crippen molar-refractivity contribution in [1.29, 1.82) is 0 Å². The van der Waals surface area contributed by atoms with Gasteiger partial charge < -0.3 is 19.4 Å². The number of amides is 3. The van der Waals surface area contributed by atoms with E-state index in [1.807, 2.05) is 17.0 Å². The highest BCUT2D eigenvalue weighted by Gasteiger charge is 2.31. The van der Waals surface area contributed by atoms with Crippen molar-refractivity contribution in [3.8, 4) is 0 Å². The Hall–Kier alpha value is -4.16. The minimum absolute atomic E-state index is 0.00945. The van der Waals surface area contributed by atoms with Crippen molar-refractivity contribution >= 4 is 28.5 Å². The summed E-state index contributed by atoms with van der Waals surface area (Å²) < 4.78 is 21.4. The number of hydrogen-bond acceptors (Lipinski definition) is 7. The van der Waals surface area contributed by atoms with E-state index in [1.165, 1.54) is 38.2 Å². The molecular formula is C40H51FN6O5. The third-order valence-corrected chi connectivity index (χ3v) is 11.6. The van der Waals surface area contributed by atoms with Crippen molar-refractivity contribution in [2.24, 2.45) is 5.92 Å². The average Bonchev–Trinajstić information content (AvgIpc) is 3.18. The second-order valence-corrected chi connectivity index (χ2v) is 15.1. The molecule has 0 spiro atoms. The van der Waals surface area contributed by atoms with Crippen LogP contribution in [-0.2, 0) is 20.7 Å². The maximum absolute atomic E-state index is 15.0. The topological polar surface area (TPSA) is 119 Å². The monoisotopic (exact) mass is 714 g/mol. The van der Waals surface area contributed by atoms with Crippen molar-refractivity contribution in [3.63, 3.8) is 0 Å². The number of aromatic amines is 1. The quantitative estimate of drug-likeness (QED) is 0.350. The molecule has 3 aliphatic heterocycles. The summed E-state index contributed by atoms with van der Waals surface area (Å²) >= 11 is 0. The van der Waals surface area contributed by atoms with Crippen LogP contribution in [0.5, 0.6) is 0 Å². The number of carbonyl (C=O) groups excluding carboxylic acids is 3. The molecule has 1 saturated carbocycles. The van der Waals surface area contributed by atoms with Crippen LogP contribution < -0.4 is 5.56 Å². The Balaban J connectivity index is 0.827. The molecule has 3 amide bonds. The second-order valence-electron chi connectivity index (χ2n) is 15.1. The highest BCUT2D eigenvalue weighted by atomic mass is 19.1. The van der Waals surface area contributed by atoms with Gasteiger partial charge in [-0.1, -0.05) is 43.5 Å². The summed E-state index contributed by atoms with van der Waals surface area (Å²) in [6.45, 7) is 4.99. The summed E-state index contributed by atoms with van der Waals surface area (Å²) in [5, 5.41) is 7.99. The van der Waals surface area contributed by atoms with E-state index < -0.39 is 11.7 Å². The number of halogens is 1. The molecule has 3 aromatic rings. The lowest BCUT2D eigenvalue weighted by molar-refractivity contribution is -0.138. The number of nitrogens with one attached hydrogen (secondary N) is 1. The van der Waals surface area contributed by atoms with Crippen LogP contribution in [0.4, 0.5) is 4.39 Å². The van der Waals surface area contributed by atoms with Gasteiger partial charge in [0.05, 0.1) is 35.4 Å². The molecule has 0 unspecified atom stereocenters. The molecule has 52 heavy (non-hydrogen) atoms. The van der Waals surface area contributed by atoms with E-state index in [9.17, 15) is 23.6 Å². The smallest absolute Gasteiger partial charge is 0.272 e. The first kappa shape index (κ1) is 36.2. The fourth-order valence-corrected chi connectivity index (χ4v) is 8.45. The van der Waals surface area contributed by atoms with Gasteiger partial charge in [0.2, 0.25) is 11.8 Å². The SMILES string of the molecule is O=C(CC1CCCCC1)N1CCC(OC2CCN(CC(=O)N3CCN(C(=O)c4cc(Cc5n[nH]c(=O)c6ccccc56)ccc4F)CC3)CC2)CC1. The van der Waals surface area contributed by atoms with Gasteiger partial charge >= 0.3 is 0 Å². The Bertz CT molecular complexity index is 1790. The molecule has 1 aliphatic carbocycles. The first-order chi connectivity index (χ1) is 25.3. The zero-order valence-electron chi connectivity index (χ0n) is 30.1. The van der Waals surface area contributed by atoms with E-state index in [0.717, 1.165) is 51.9 Å². The number of piperidine rings is 2. The van der Waals surface area contributed by atoms with Gasteiger partial charge in [-0.25, -0.2) is 9.49 Å². The van der Waals surface area contributed by atoms with Crippen molar-refractivity contribution in [2.45, 2.75) is 82.8 Å². The summed E-state index contributed by atoms with van der Waals surface area (Å²) in [6, 6.07) is 11.7. The van der Waals surface area contributed by atoms with Gasteiger partial charge in [-0.15, -0.1) is 0 Å². The Kier molecular flexibility index (Phi) is 11.6. The molecule has 2 aromatic carbocycles. The molecule has 0 radical (unpaired) electrons. The van der Waals surface area contributed by atoms with Gasteiger partial charge in [-0.05, 0) is 68.2 Å². The second kappa shape index (κ2) is 16.7. The molecule has 0 atom stereocenters. The van der Waals surface area contributed by atoms with Gasteiger partial charge in [0.25, 0.3) is 11.5 Å². The molecule has 11 nitrogen and oxygen atoms in total. The lowest BCUT2D eigenvalue weighted by Gasteiger charge is -2.38. The lowest BCUT2D eigenvalue weighted by atomic mass is 9.86. The number of benzene rings is 2. The van der Waals surface area contributed by atoms with E-state index >= 15 is 0 Å². The number of fused-ring (bicyclic) bond motifs is 1.